The van der Waals surface area contributed by atoms with Crippen molar-refractivity contribution in [3.8, 4) is 0 Å². The van der Waals surface area contributed by atoms with Gasteiger partial charge in [0.1, 0.15) is 0 Å². The maximum absolute atomic E-state index is 12.2. The zero-order chi connectivity index (χ0) is 14.8. The lowest BCUT2D eigenvalue weighted by atomic mass is 10.1. The molecule has 6 nitrogen and oxygen atoms in total. The predicted octanol–water partition coefficient (Wildman–Crippen LogP) is 1.96. The molecule has 7 heteroatoms. The van der Waals surface area contributed by atoms with Crippen LogP contribution in [-0.4, -0.2) is 38.7 Å². The molecule has 0 unspecified atom stereocenters. The summed E-state index contributed by atoms with van der Waals surface area (Å²) >= 11 is 1.46. The number of anilines is 1. The second-order valence-corrected chi connectivity index (χ2v) is 6.28. The normalized spacial score (nSPS) is 19.0. The number of aromatic nitrogens is 3. The van der Waals surface area contributed by atoms with Crippen LogP contribution in [0.2, 0.25) is 0 Å². The summed E-state index contributed by atoms with van der Waals surface area (Å²) in [5, 5.41) is 9.71. The van der Waals surface area contributed by atoms with E-state index >= 15 is 0 Å². The van der Waals surface area contributed by atoms with Crippen LogP contribution in [0.4, 0.5) is 5.13 Å². The maximum atomic E-state index is 12.2. The third-order valence-corrected chi connectivity index (χ3v) is 4.56. The highest BCUT2D eigenvalue weighted by Gasteiger charge is 2.28. The Balaban J connectivity index is 1.62. The number of hydrogen-bond donors (Lipinski definition) is 1. The van der Waals surface area contributed by atoms with Gasteiger partial charge in [-0.3, -0.25) is 14.4 Å². The van der Waals surface area contributed by atoms with Crippen LogP contribution in [0.15, 0.2) is 17.8 Å². The molecule has 3 rings (SSSR count). The zero-order valence-electron chi connectivity index (χ0n) is 12.2. The minimum Gasteiger partial charge on any atom is -0.301 e. The predicted molar refractivity (Wildman–Crippen MR) is 82.2 cm³/mol. The third-order valence-electron chi connectivity index (χ3n) is 3.69. The van der Waals surface area contributed by atoms with Crippen LogP contribution in [0.3, 0.4) is 0 Å². The van der Waals surface area contributed by atoms with E-state index in [1.54, 1.807) is 0 Å². The van der Waals surface area contributed by atoms with Crippen LogP contribution in [0.5, 0.6) is 0 Å². The van der Waals surface area contributed by atoms with E-state index in [0.29, 0.717) is 17.7 Å². The SMILES string of the molecule is Cc1csc(NC(=O)CN2CCC[C@H]2c2cnn(C)c2)n1. The van der Waals surface area contributed by atoms with Gasteiger partial charge in [0.05, 0.1) is 18.4 Å². The number of rotatable bonds is 4. The Kier molecular flexibility index (Phi) is 4.03. The number of carbonyl (C=O) groups is 1. The first-order valence-corrected chi connectivity index (χ1v) is 7.94. The van der Waals surface area contributed by atoms with Crippen LogP contribution >= 0.6 is 11.3 Å². The van der Waals surface area contributed by atoms with Crippen LogP contribution in [-0.2, 0) is 11.8 Å². The molecular weight excluding hydrogens is 286 g/mol. The zero-order valence-corrected chi connectivity index (χ0v) is 13.1. The van der Waals surface area contributed by atoms with Gasteiger partial charge in [0.2, 0.25) is 5.91 Å². The summed E-state index contributed by atoms with van der Waals surface area (Å²) in [6.07, 6.45) is 6.12. The molecule has 21 heavy (non-hydrogen) atoms. The molecule has 0 radical (unpaired) electrons. The van der Waals surface area contributed by atoms with Gasteiger partial charge in [0.25, 0.3) is 0 Å². The molecule has 0 spiro atoms. The summed E-state index contributed by atoms with van der Waals surface area (Å²) in [4.78, 5) is 18.6. The van der Waals surface area contributed by atoms with E-state index in [-0.39, 0.29) is 5.91 Å². The number of amides is 1. The van der Waals surface area contributed by atoms with Crippen LogP contribution < -0.4 is 5.32 Å². The lowest BCUT2D eigenvalue weighted by Crippen LogP contribution is -2.32. The summed E-state index contributed by atoms with van der Waals surface area (Å²) in [6, 6.07) is 0.294. The van der Waals surface area contributed by atoms with Crippen LogP contribution in [0.1, 0.15) is 30.1 Å². The first-order chi connectivity index (χ1) is 10.1. The second-order valence-electron chi connectivity index (χ2n) is 5.42. The number of nitrogens with zero attached hydrogens (tertiary/aromatic N) is 4. The molecule has 1 amide bonds. The van der Waals surface area contributed by atoms with Gasteiger partial charge in [0.15, 0.2) is 5.13 Å². The van der Waals surface area contributed by atoms with E-state index in [4.69, 9.17) is 0 Å². The lowest BCUT2D eigenvalue weighted by molar-refractivity contribution is -0.117. The van der Waals surface area contributed by atoms with Gasteiger partial charge in [0, 0.05) is 30.2 Å². The maximum Gasteiger partial charge on any atom is 0.240 e. The molecule has 1 aliphatic heterocycles. The van der Waals surface area contributed by atoms with Gasteiger partial charge in [-0.05, 0) is 26.3 Å². The van der Waals surface area contributed by atoms with Gasteiger partial charge in [-0.15, -0.1) is 11.3 Å². The van der Waals surface area contributed by atoms with Crippen molar-refractivity contribution in [2.75, 3.05) is 18.4 Å². The first-order valence-electron chi connectivity index (χ1n) is 7.06. The van der Waals surface area contributed by atoms with Gasteiger partial charge in [-0.1, -0.05) is 0 Å². The highest BCUT2D eigenvalue weighted by Crippen LogP contribution is 2.31. The summed E-state index contributed by atoms with van der Waals surface area (Å²) < 4.78 is 1.81. The second kappa shape index (κ2) is 5.95. The average molecular weight is 305 g/mol. The molecule has 0 bridgehead atoms. The lowest BCUT2D eigenvalue weighted by Gasteiger charge is -2.22. The molecule has 1 N–H and O–H groups in total. The molecule has 2 aromatic heterocycles. The third kappa shape index (κ3) is 3.30. The first kappa shape index (κ1) is 14.2. The molecule has 0 aliphatic carbocycles. The average Bonchev–Trinajstić information content (AvgIpc) is 3.12. The Morgan fingerprint density at radius 3 is 3.10 bits per heavy atom. The summed E-state index contributed by atoms with van der Waals surface area (Å²) in [5.74, 6) is 0.000130. The molecule has 112 valence electrons. The van der Waals surface area contributed by atoms with Crippen molar-refractivity contribution < 1.29 is 4.79 Å². The number of aryl methyl sites for hydroxylation is 2. The van der Waals surface area contributed by atoms with Crippen molar-refractivity contribution in [3.05, 3.63) is 29.0 Å². The quantitative estimate of drug-likeness (QED) is 0.938. The Morgan fingerprint density at radius 2 is 2.43 bits per heavy atom. The van der Waals surface area contributed by atoms with E-state index in [1.165, 1.54) is 16.9 Å². The van der Waals surface area contributed by atoms with Crippen molar-refractivity contribution in [1.29, 1.82) is 0 Å². The largest absolute Gasteiger partial charge is 0.301 e. The number of nitrogens with one attached hydrogen (secondary N) is 1. The molecule has 1 saturated heterocycles. The summed E-state index contributed by atoms with van der Waals surface area (Å²) in [6.45, 7) is 3.27. The Bertz CT molecular complexity index is 635. The minimum atomic E-state index is 0.000130. The Morgan fingerprint density at radius 1 is 1.57 bits per heavy atom. The van der Waals surface area contributed by atoms with E-state index in [2.05, 4.69) is 20.3 Å². The summed E-state index contributed by atoms with van der Waals surface area (Å²) in [7, 11) is 1.92. The van der Waals surface area contributed by atoms with Crippen LogP contribution in [0.25, 0.3) is 0 Å². The Hall–Kier alpha value is -1.73. The van der Waals surface area contributed by atoms with Crippen molar-refractivity contribution in [2.24, 2.45) is 7.05 Å². The van der Waals surface area contributed by atoms with Gasteiger partial charge in [-0.2, -0.15) is 5.10 Å². The number of hydrogen-bond acceptors (Lipinski definition) is 5. The molecular formula is C14H19N5OS. The number of carbonyl (C=O) groups excluding carboxylic acids is 1. The highest BCUT2D eigenvalue weighted by molar-refractivity contribution is 7.13. The topological polar surface area (TPSA) is 63.1 Å². The minimum absolute atomic E-state index is 0.000130. The van der Waals surface area contributed by atoms with E-state index in [1.807, 2.05) is 36.4 Å². The molecule has 0 saturated carbocycles. The smallest absolute Gasteiger partial charge is 0.240 e. The van der Waals surface area contributed by atoms with Crippen molar-refractivity contribution >= 4 is 22.4 Å². The summed E-state index contributed by atoms with van der Waals surface area (Å²) in [5.41, 5.74) is 2.12. The van der Waals surface area contributed by atoms with Gasteiger partial charge in [-0.25, -0.2) is 4.98 Å². The molecule has 2 aromatic rings. The van der Waals surface area contributed by atoms with Gasteiger partial charge >= 0.3 is 0 Å². The molecule has 1 aliphatic rings. The molecule has 1 atom stereocenters. The fourth-order valence-electron chi connectivity index (χ4n) is 2.76. The van der Waals surface area contributed by atoms with Crippen molar-refractivity contribution in [3.63, 3.8) is 0 Å². The molecule has 0 aromatic carbocycles. The fourth-order valence-corrected chi connectivity index (χ4v) is 3.46. The molecule has 1 fully saturated rings. The highest BCUT2D eigenvalue weighted by atomic mass is 32.1. The van der Waals surface area contributed by atoms with E-state index in [0.717, 1.165) is 25.1 Å². The van der Waals surface area contributed by atoms with Crippen molar-refractivity contribution in [2.45, 2.75) is 25.8 Å². The monoisotopic (exact) mass is 305 g/mol. The molecule has 3 heterocycles. The Labute approximate surface area is 127 Å². The number of likely N-dealkylation sites (tertiary alicyclic amines) is 1. The standard InChI is InChI=1S/C14H19N5OS/c1-10-9-21-14(16-10)17-13(20)8-19-5-3-4-12(19)11-6-15-18(2)7-11/h6-7,9,12H,3-5,8H2,1-2H3,(H,16,17,20)/t12-/m0/s1. The van der Waals surface area contributed by atoms with E-state index in [9.17, 15) is 4.79 Å². The van der Waals surface area contributed by atoms with Crippen molar-refractivity contribution in [1.82, 2.24) is 19.7 Å². The number of thiazole rings is 1. The van der Waals surface area contributed by atoms with Gasteiger partial charge < -0.3 is 5.32 Å². The fraction of sp³-hybridized carbons (Fsp3) is 0.500. The van der Waals surface area contributed by atoms with E-state index < -0.39 is 0 Å². The van der Waals surface area contributed by atoms with Crippen LogP contribution in [0, 0.1) is 6.92 Å².